The van der Waals surface area contributed by atoms with Gasteiger partial charge >= 0.3 is 0 Å². The molecule has 3 aromatic carbocycles. The highest BCUT2D eigenvalue weighted by molar-refractivity contribution is 7.65. The minimum absolute atomic E-state index is 0.428. The van der Waals surface area contributed by atoms with E-state index in [1.807, 2.05) is 24.3 Å². The van der Waals surface area contributed by atoms with Crippen LogP contribution in [0.15, 0.2) is 109 Å². The Morgan fingerprint density at radius 2 is 1.62 bits per heavy atom. The highest BCUT2D eigenvalue weighted by Gasteiger charge is 2.20. The molecule has 0 radical (unpaired) electrons. The summed E-state index contributed by atoms with van der Waals surface area (Å²) in [6.07, 6.45) is 21.0. The van der Waals surface area contributed by atoms with Crippen LogP contribution in [-0.2, 0) is 17.6 Å². The lowest BCUT2D eigenvalue weighted by atomic mass is 9.88. The molecule has 0 aromatic heterocycles. The van der Waals surface area contributed by atoms with Crippen LogP contribution in [-0.4, -0.2) is 41.3 Å². The number of benzene rings is 3. The van der Waals surface area contributed by atoms with Crippen LogP contribution in [0.3, 0.4) is 0 Å². The highest BCUT2D eigenvalue weighted by Crippen LogP contribution is 2.41. The van der Waals surface area contributed by atoms with Gasteiger partial charge in [0.2, 0.25) is 0 Å². The minimum Gasteiger partial charge on any atom is -0.497 e. The van der Waals surface area contributed by atoms with Gasteiger partial charge in [0.05, 0.1) is 28.4 Å². The number of aryl methyl sites for hydroxylation is 1. The van der Waals surface area contributed by atoms with E-state index in [0.717, 1.165) is 60.2 Å². The largest absolute Gasteiger partial charge is 0.497 e. The van der Waals surface area contributed by atoms with E-state index < -0.39 is 7.92 Å². The molecule has 2 unspecified atom stereocenters. The van der Waals surface area contributed by atoms with Crippen molar-refractivity contribution in [3.8, 4) is 17.2 Å². The predicted molar refractivity (Wildman–Crippen MR) is 208 cm³/mol. The zero-order valence-electron chi connectivity index (χ0n) is 30.3. The first-order chi connectivity index (χ1) is 23.3. The normalized spacial score (nSPS) is 13.3. The van der Waals surface area contributed by atoms with E-state index in [-0.39, 0.29) is 0 Å². The summed E-state index contributed by atoms with van der Waals surface area (Å²) in [5.41, 5.74) is 7.52. The molecule has 0 heterocycles. The first-order valence-corrected chi connectivity index (χ1v) is 18.9. The van der Waals surface area contributed by atoms with Gasteiger partial charge in [0.25, 0.3) is 0 Å². The van der Waals surface area contributed by atoms with Crippen molar-refractivity contribution >= 4 is 18.8 Å². The average molecular weight is 667 g/mol. The number of methoxy groups -OCH3 is 4. The topological polar surface area (TPSA) is 36.9 Å². The summed E-state index contributed by atoms with van der Waals surface area (Å²) in [5, 5.41) is 1.40. The fourth-order valence-corrected chi connectivity index (χ4v) is 7.76. The summed E-state index contributed by atoms with van der Waals surface area (Å²) in [5.74, 6) is 3.61. The van der Waals surface area contributed by atoms with Gasteiger partial charge in [-0.3, -0.25) is 0 Å². The Labute approximate surface area is 291 Å². The molecule has 48 heavy (non-hydrogen) atoms. The van der Waals surface area contributed by atoms with Crippen LogP contribution in [0.25, 0.3) is 5.57 Å². The van der Waals surface area contributed by atoms with E-state index in [1.54, 1.807) is 28.4 Å². The molecule has 256 valence electrons. The molecule has 0 aliphatic heterocycles. The second kappa shape index (κ2) is 20.4. The summed E-state index contributed by atoms with van der Waals surface area (Å²) in [6.45, 7) is 13.0. The molecule has 0 amide bonds. The van der Waals surface area contributed by atoms with Crippen molar-refractivity contribution < 1.29 is 18.9 Å². The van der Waals surface area contributed by atoms with Crippen LogP contribution < -0.4 is 19.5 Å². The third-order valence-electron chi connectivity index (χ3n) is 8.69. The van der Waals surface area contributed by atoms with Gasteiger partial charge in [0.1, 0.15) is 23.0 Å². The average Bonchev–Trinajstić information content (AvgIpc) is 3.11. The monoisotopic (exact) mass is 666 g/mol. The van der Waals surface area contributed by atoms with E-state index in [0.29, 0.717) is 11.7 Å². The van der Waals surface area contributed by atoms with Crippen molar-refractivity contribution in [1.82, 2.24) is 0 Å². The summed E-state index contributed by atoms with van der Waals surface area (Å²) >= 11 is 0. The third-order valence-corrected chi connectivity index (χ3v) is 10.8. The molecule has 0 spiro atoms. The molecule has 0 saturated carbocycles. The van der Waals surface area contributed by atoms with Crippen molar-refractivity contribution in [3.63, 3.8) is 0 Å². The van der Waals surface area contributed by atoms with Gasteiger partial charge < -0.3 is 18.9 Å². The molecule has 0 bridgehead atoms. The lowest BCUT2D eigenvalue weighted by Crippen LogP contribution is -2.14. The predicted octanol–water partition coefficient (Wildman–Crippen LogP) is 10.6. The molecule has 5 heteroatoms. The van der Waals surface area contributed by atoms with Crippen LogP contribution in [0, 0.1) is 12.8 Å². The lowest BCUT2D eigenvalue weighted by molar-refractivity contribution is 0.309. The van der Waals surface area contributed by atoms with Gasteiger partial charge in [-0.05, 0) is 115 Å². The van der Waals surface area contributed by atoms with Gasteiger partial charge in [-0.1, -0.05) is 102 Å². The van der Waals surface area contributed by atoms with Gasteiger partial charge in [0, 0.05) is 5.56 Å². The number of rotatable bonds is 19. The lowest BCUT2D eigenvalue weighted by Gasteiger charge is -2.23. The standard InChI is InChI=1S/C43H55O4P/c1-10-12-13-14-15-20-34(11-2)28-40-38(32(3)24-26-42(40)47-8)29-35-21-16-17-23-43(35)48(9)31-36(22-18-19-33(4)44-5)39-30-37(45-6)25-27-41(39)46-7/h13-27,30,34H,4,10-12,28-29,31H2,1-3,5-9H3/b14-13-,19-18-,20-15-,36-22+. The first kappa shape index (κ1) is 38.4. The smallest absolute Gasteiger partial charge is 0.126 e. The van der Waals surface area contributed by atoms with E-state index >= 15 is 0 Å². The SMILES string of the molecule is C=C(/C=C\C=C(/CP(C)c1ccccc1Cc1c(C)ccc(OC)c1CC(/C=C\C=C/CCC)CC)c1cc(OC)ccc1OC)OC. The Bertz CT molecular complexity index is 1600. The van der Waals surface area contributed by atoms with E-state index in [4.69, 9.17) is 18.9 Å². The number of ether oxygens (including phenoxy) is 4. The first-order valence-electron chi connectivity index (χ1n) is 16.9. The van der Waals surface area contributed by atoms with E-state index in [2.05, 4.69) is 107 Å². The summed E-state index contributed by atoms with van der Waals surface area (Å²) in [4.78, 5) is 0. The Morgan fingerprint density at radius 1 is 0.875 bits per heavy atom. The number of hydrogen-bond acceptors (Lipinski definition) is 4. The van der Waals surface area contributed by atoms with Gasteiger partial charge in [0.15, 0.2) is 0 Å². The number of allylic oxidation sites excluding steroid dienone is 8. The maximum atomic E-state index is 5.98. The third kappa shape index (κ3) is 11.0. The maximum absolute atomic E-state index is 5.98. The van der Waals surface area contributed by atoms with Gasteiger partial charge in [-0.15, -0.1) is 0 Å². The molecular formula is C43H55O4P. The Kier molecular flexibility index (Phi) is 16.3. The maximum Gasteiger partial charge on any atom is 0.126 e. The molecule has 4 nitrogen and oxygen atoms in total. The number of unbranched alkanes of at least 4 members (excludes halogenated alkanes) is 1. The van der Waals surface area contributed by atoms with Crippen LogP contribution in [0.4, 0.5) is 0 Å². The molecule has 3 rings (SSSR count). The molecule has 0 saturated heterocycles. The van der Waals surface area contributed by atoms with Crippen molar-refractivity contribution in [2.24, 2.45) is 5.92 Å². The quantitative estimate of drug-likeness (QED) is 0.0725. The second-order valence-corrected chi connectivity index (χ2v) is 14.2. The second-order valence-electron chi connectivity index (χ2n) is 12.0. The van der Waals surface area contributed by atoms with Crippen molar-refractivity contribution in [2.45, 2.75) is 52.9 Å². The summed E-state index contributed by atoms with van der Waals surface area (Å²) in [6, 6.07) is 19.2. The molecule has 2 atom stereocenters. The zero-order chi connectivity index (χ0) is 34.9. The van der Waals surface area contributed by atoms with Crippen molar-refractivity contribution in [1.29, 1.82) is 0 Å². The van der Waals surface area contributed by atoms with Crippen LogP contribution in [0.2, 0.25) is 0 Å². The molecule has 0 N–H and O–H groups in total. The Morgan fingerprint density at radius 3 is 2.31 bits per heavy atom. The van der Waals surface area contributed by atoms with Crippen LogP contribution >= 0.6 is 7.92 Å². The highest BCUT2D eigenvalue weighted by atomic mass is 31.1. The van der Waals surface area contributed by atoms with Crippen molar-refractivity contribution in [2.75, 3.05) is 41.3 Å². The van der Waals surface area contributed by atoms with Gasteiger partial charge in [-0.25, -0.2) is 0 Å². The Hall–Kier alpha value is -4.01. The van der Waals surface area contributed by atoms with E-state index in [9.17, 15) is 0 Å². The summed E-state index contributed by atoms with van der Waals surface area (Å²) in [7, 11) is 6.24. The molecular weight excluding hydrogens is 611 g/mol. The summed E-state index contributed by atoms with van der Waals surface area (Å²) < 4.78 is 22.7. The van der Waals surface area contributed by atoms with Crippen LogP contribution in [0.1, 0.15) is 60.9 Å². The van der Waals surface area contributed by atoms with Crippen LogP contribution in [0.5, 0.6) is 17.2 Å². The fraction of sp³-hybridized carbons (Fsp3) is 0.349. The number of hydrogen-bond donors (Lipinski definition) is 0. The van der Waals surface area contributed by atoms with E-state index in [1.165, 1.54) is 34.0 Å². The van der Waals surface area contributed by atoms with Gasteiger partial charge in [-0.2, -0.15) is 0 Å². The van der Waals surface area contributed by atoms with Crippen molar-refractivity contribution in [3.05, 3.63) is 137 Å². The molecule has 0 aliphatic rings. The fourth-order valence-electron chi connectivity index (χ4n) is 5.82. The Balaban J connectivity index is 2.02. The minimum atomic E-state index is -0.588. The molecule has 0 aliphatic carbocycles. The zero-order valence-corrected chi connectivity index (χ0v) is 31.2. The molecule has 3 aromatic rings. The molecule has 0 fully saturated rings.